The summed E-state index contributed by atoms with van der Waals surface area (Å²) in [6.45, 7) is 0. The van der Waals surface area contributed by atoms with Gasteiger partial charge in [-0.15, -0.1) is 0 Å². The van der Waals surface area contributed by atoms with Gasteiger partial charge in [0.15, 0.2) is 5.78 Å². The lowest BCUT2D eigenvalue weighted by molar-refractivity contribution is -0.0689. The van der Waals surface area contributed by atoms with E-state index in [2.05, 4.69) is 0 Å². The lowest BCUT2D eigenvalue weighted by atomic mass is 10.0. The molecule has 1 amide bonds. The number of hydrogen-bond donors (Lipinski definition) is 1. The molecule has 0 heterocycles. The maximum atomic E-state index is 13.3. The van der Waals surface area contributed by atoms with Crippen molar-refractivity contribution in [1.29, 1.82) is 0 Å². The molecule has 0 atom stereocenters. The zero-order valence-electron chi connectivity index (χ0n) is 12.4. The van der Waals surface area contributed by atoms with E-state index in [1.165, 1.54) is 30.3 Å². The Kier molecular flexibility index (Phi) is 5.55. The third-order valence-electron chi connectivity index (χ3n) is 3.21. The molecule has 0 bridgehead atoms. The average Bonchev–Trinajstić information content (AvgIpc) is 2.50. The number of amides is 1. The Labute approximate surface area is 150 Å². The van der Waals surface area contributed by atoms with E-state index in [9.17, 15) is 22.8 Å². The molecule has 8 heteroatoms. The second-order valence-electron chi connectivity index (χ2n) is 5.02. The molecule has 0 saturated heterocycles. The Morgan fingerprint density at radius 1 is 0.880 bits per heavy atom. The Morgan fingerprint density at radius 3 is 1.80 bits per heavy atom. The van der Waals surface area contributed by atoms with Crippen molar-refractivity contribution in [2.75, 3.05) is 0 Å². The minimum absolute atomic E-state index is 0.0101. The van der Waals surface area contributed by atoms with Crippen LogP contribution in [0.5, 0.6) is 0 Å². The third kappa shape index (κ3) is 4.84. The zero-order valence-corrected chi connectivity index (χ0v) is 13.9. The van der Waals surface area contributed by atoms with E-state index in [0.717, 1.165) is 12.1 Å². The molecule has 0 aliphatic rings. The molecule has 0 aliphatic carbocycles. The lowest BCUT2D eigenvalue weighted by Crippen LogP contribution is -2.13. The Bertz CT molecular complexity index is 839. The standard InChI is InChI=1S/C17H10Cl2F3NO2/c18-12-5-11(6-13(19)7-12)14(17(20,21)22)8-15(24)9-1-3-10(4-2-9)16(23)25/h1-8H,(H2,23,25). The summed E-state index contributed by atoms with van der Waals surface area (Å²) in [4.78, 5) is 23.2. The molecule has 0 aliphatic heterocycles. The van der Waals surface area contributed by atoms with Crippen molar-refractivity contribution in [3.05, 3.63) is 75.3 Å². The number of primary amides is 1. The number of carbonyl (C=O) groups is 2. The number of nitrogens with two attached hydrogens (primary N) is 1. The zero-order chi connectivity index (χ0) is 18.8. The van der Waals surface area contributed by atoms with E-state index in [1.807, 2.05) is 0 Å². The molecule has 2 aromatic rings. The van der Waals surface area contributed by atoms with Crippen molar-refractivity contribution in [3.63, 3.8) is 0 Å². The average molecular weight is 388 g/mol. The largest absolute Gasteiger partial charge is 0.417 e. The van der Waals surface area contributed by atoms with Crippen LogP contribution < -0.4 is 5.73 Å². The SMILES string of the molecule is NC(=O)c1ccc(C(=O)C=C(c2cc(Cl)cc(Cl)c2)C(F)(F)F)cc1. The van der Waals surface area contributed by atoms with Crippen LogP contribution in [0.3, 0.4) is 0 Å². The van der Waals surface area contributed by atoms with Gasteiger partial charge < -0.3 is 5.73 Å². The van der Waals surface area contributed by atoms with Crippen LogP contribution in [-0.4, -0.2) is 17.9 Å². The molecule has 0 unspecified atom stereocenters. The van der Waals surface area contributed by atoms with Crippen molar-refractivity contribution < 1.29 is 22.8 Å². The van der Waals surface area contributed by atoms with Crippen molar-refractivity contribution in [2.45, 2.75) is 6.18 Å². The minimum atomic E-state index is -4.79. The highest BCUT2D eigenvalue weighted by molar-refractivity contribution is 6.35. The van der Waals surface area contributed by atoms with Crippen molar-refractivity contribution in [3.8, 4) is 0 Å². The quantitative estimate of drug-likeness (QED) is 0.597. The van der Waals surface area contributed by atoms with Crippen LogP contribution in [0.2, 0.25) is 10.0 Å². The van der Waals surface area contributed by atoms with Crippen LogP contribution >= 0.6 is 23.2 Å². The van der Waals surface area contributed by atoms with Gasteiger partial charge >= 0.3 is 6.18 Å². The van der Waals surface area contributed by atoms with Crippen LogP contribution in [-0.2, 0) is 0 Å². The second-order valence-corrected chi connectivity index (χ2v) is 5.89. The van der Waals surface area contributed by atoms with Crippen LogP contribution in [0.1, 0.15) is 26.3 Å². The van der Waals surface area contributed by atoms with E-state index in [1.54, 1.807) is 0 Å². The summed E-state index contributed by atoms with van der Waals surface area (Å²) in [6, 6.07) is 8.37. The molecule has 130 valence electrons. The highest BCUT2D eigenvalue weighted by Crippen LogP contribution is 2.36. The molecule has 3 nitrogen and oxygen atoms in total. The van der Waals surface area contributed by atoms with Gasteiger partial charge in [-0.25, -0.2) is 0 Å². The molecular weight excluding hydrogens is 378 g/mol. The van der Waals surface area contributed by atoms with Gasteiger partial charge in [0.25, 0.3) is 0 Å². The van der Waals surface area contributed by atoms with Gasteiger partial charge in [0.1, 0.15) is 0 Å². The molecule has 0 fully saturated rings. The van der Waals surface area contributed by atoms with E-state index < -0.39 is 23.4 Å². The molecule has 0 spiro atoms. The highest BCUT2D eigenvalue weighted by atomic mass is 35.5. The number of allylic oxidation sites excluding steroid dienone is 2. The Hall–Kier alpha value is -2.31. The summed E-state index contributed by atoms with van der Waals surface area (Å²) in [5, 5.41) is 0.0202. The predicted octanol–water partition coefficient (Wildman–Crippen LogP) is 4.92. The van der Waals surface area contributed by atoms with Gasteiger partial charge in [-0.05, 0) is 42.0 Å². The van der Waals surface area contributed by atoms with Gasteiger partial charge in [0, 0.05) is 21.2 Å². The first-order valence-corrected chi connectivity index (χ1v) is 7.53. The van der Waals surface area contributed by atoms with E-state index in [0.29, 0.717) is 6.08 Å². The lowest BCUT2D eigenvalue weighted by Gasteiger charge is -2.13. The molecule has 2 N–H and O–H groups in total. The monoisotopic (exact) mass is 387 g/mol. The summed E-state index contributed by atoms with van der Waals surface area (Å²) in [6.07, 6.45) is -4.34. The smallest absolute Gasteiger partial charge is 0.366 e. The topological polar surface area (TPSA) is 60.2 Å². The van der Waals surface area contributed by atoms with Gasteiger partial charge in [0.05, 0.1) is 5.57 Å². The van der Waals surface area contributed by atoms with E-state index in [4.69, 9.17) is 28.9 Å². The van der Waals surface area contributed by atoms with E-state index in [-0.39, 0.29) is 26.7 Å². The number of rotatable bonds is 4. The normalized spacial score (nSPS) is 12.1. The number of benzene rings is 2. The number of carbonyl (C=O) groups excluding carboxylic acids is 2. The summed E-state index contributed by atoms with van der Waals surface area (Å²) in [7, 11) is 0. The maximum absolute atomic E-state index is 13.3. The first kappa shape index (κ1) is 19.0. The minimum Gasteiger partial charge on any atom is -0.366 e. The molecular formula is C17H10Cl2F3NO2. The first-order valence-electron chi connectivity index (χ1n) is 6.77. The highest BCUT2D eigenvalue weighted by Gasteiger charge is 2.35. The molecule has 0 radical (unpaired) electrons. The van der Waals surface area contributed by atoms with Crippen LogP contribution in [0.25, 0.3) is 5.57 Å². The predicted molar refractivity (Wildman–Crippen MR) is 89.8 cm³/mol. The number of hydrogen-bond acceptors (Lipinski definition) is 2. The fourth-order valence-corrected chi connectivity index (χ4v) is 2.58. The summed E-state index contributed by atoms with van der Waals surface area (Å²) in [5.41, 5.74) is 3.68. The van der Waals surface area contributed by atoms with E-state index >= 15 is 0 Å². The molecule has 2 rings (SSSR count). The summed E-state index contributed by atoms with van der Waals surface area (Å²) in [5.74, 6) is -1.60. The maximum Gasteiger partial charge on any atom is 0.417 e. The molecule has 2 aromatic carbocycles. The van der Waals surface area contributed by atoms with Gasteiger partial charge in [-0.2, -0.15) is 13.2 Å². The Balaban J connectivity index is 2.47. The Morgan fingerprint density at radius 2 is 1.36 bits per heavy atom. The molecule has 0 saturated carbocycles. The molecule has 0 aromatic heterocycles. The molecule has 25 heavy (non-hydrogen) atoms. The second kappa shape index (κ2) is 7.29. The third-order valence-corrected chi connectivity index (χ3v) is 3.64. The summed E-state index contributed by atoms with van der Waals surface area (Å²) < 4.78 is 40.0. The van der Waals surface area contributed by atoms with Gasteiger partial charge in [-0.3, -0.25) is 9.59 Å². The fraction of sp³-hybridized carbons (Fsp3) is 0.0588. The van der Waals surface area contributed by atoms with Crippen LogP contribution in [0.15, 0.2) is 48.5 Å². The van der Waals surface area contributed by atoms with Gasteiger partial charge in [0.2, 0.25) is 5.91 Å². The number of ketones is 1. The van der Waals surface area contributed by atoms with Gasteiger partial charge in [-0.1, -0.05) is 35.3 Å². The number of halogens is 5. The van der Waals surface area contributed by atoms with Crippen LogP contribution in [0, 0.1) is 0 Å². The van der Waals surface area contributed by atoms with Crippen molar-refractivity contribution >= 4 is 40.5 Å². The van der Waals surface area contributed by atoms with Crippen molar-refractivity contribution in [1.82, 2.24) is 0 Å². The van der Waals surface area contributed by atoms with Crippen LogP contribution in [0.4, 0.5) is 13.2 Å². The van der Waals surface area contributed by atoms with Crippen molar-refractivity contribution in [2.24, 2.45) is 5.73 Å². The summed E-state index contributed by atoms with van der Waals surface area (Å²) >= 11 is 11.5. The number of alkyl halides is 3. The fourth-order valence-electron chi connectivity index (χ4n) is 2.05. The first-order chi connectivity index (χ1) is 11.6.